The number of carbonyl (C=O) groups is 3. The molecule has 1 aromatic rings. The second-order valence-electron chi connectivity index (χ2n) is 6.00. The number of carboxylic acid groups (broad SMARTS) is 1. The van der Waals surface area contributed by atoms with Crippen molar-refractivity contribution in [2.45, 2.75) is 44.6 Å². The molecule has 6 heteroatoms. The summed E-state index contributed by atoms with van der Waals surface area (Å²) < 4.78 is 0. The largest absolute Gasteiger partial charge is 0.481 e. The van der Waals surface area contributed by atoms with Crippen LogP contribution < -0.4 is 5.32 Å². The van der Waals surface area contributed by atoms with Crippen LogP contribution in [0.2, 0.25) is 0 Å². The van der Waals surface area contributed by atoms with Gasteiger partial charge in [0.15, 0.2) is 0 Å². The Morgan fingerprint density at radius 1 is 1.17 bits per heavy atom. The van der Waals surface area contributed by atoms with Crippen molar-refractivity contribution in [1.82, 2.24) is 10.2 Å². The summed E-state index contributed by atoms with van der Waals surface area (Å²) >= 11 is 0. The van der Waals surface area contributed by atoms with Gasteiger partial charge in [-0.3, -0.25) is 14.4 Å². The lowest BCUT2D eigenvalue weighted by atomic mass is 10.0. The number of nitrogens with one attached hydrogen (secondary N) is 1. The monoisotopic (exact) mass is 332 g/mol. The molecule has 1 aliphatic rings. The van der Waals surface area contributed by atoms with Crippen molar-refractivity contribution >= 4 is 17.8 Å². The molecule has 2 rings (SSSR count). The van der Waals surface area contributed by atoms with Crippen molar-refractivity contribution in [2.75, 3.05) is 13.1 Å². The fourth-order valence-corrected chi connectivity index (χ4v) is 2.92. The molecular formula is C18H24N2O4. The van der Waals surface area contributed by atoms with Gasteiger partial charge in [-0.25, -0.2) is 0 Å². The zero-order chi connectivity index (χ0) is 17.4. The molecule has 1 aromatic carbocycles. The van der Waals surface area contributed by atoms with Gasteiger partial charge in [0.05, 0.1) is 0 Å². The second-order valence-corrected chi connectivity index (χ2v) is 6.00. The summed E-state index contributed by atoms with van der Waals surface area (Å²) in [6, 6.07) is 8.70. The van der Waals surface area contributed by atoms with Crippen LogP contribution in [0.3, 0.4) is 0 Å². The summed E-state index contributed by atoms with van der Waals surface area (Å²) in [5.74, 6) is -1.02. The van der Waals surface area contributed by atoms with E-state index in [1.807, 2.05) is 30.3 Å². The van der Waals surface area contributed by atoms with E-state index in [-0.39, 0.29) is 18.2 Å². The average Bonchev–Trinajstić information content (AvgIpc) is 2.57. The van der Waals surface area contributed by atoms with E-state index in [9.17, 15) is 14.4 Å². The Hall–Kier alpha value is -2.37. The highest BCUT2D eigenvalue weighted by atomic mass is 16.4. The van der Waals surface area contributed by atoms with E-state index >= 15 is 0 Å². The third kappa shape index (κ3) is 5.08. The molecular weight excluding hydrogens is 308 g/mol. The first-order chi connectivity index (χ1) is 11.6. The Labute approximate surface area is 141 Å². The van der Waals surface area contributed by atoms with Crippen LogP contribution in [0.25, 0.3) is 0 Å². The standard InChI is InChI=1S/C18H24N2O4/c21-15-10-5-7-13-20(15)17(14-8-2-1-3-9-14)18(24)19-12-6-4-11-16(22)23/h1-3,8-9,17H,4-7,10-13H2,(H,19,24)(H,22,23). The Morgan fingerprint density at radius 3 is 2.58 bits per heavy atom. The van der Waals surface area contributed by atoms with Crippen LogP contribution >= 0.6 is 0 Å². The van der Waals surface area contributed by atoms with E-state index in [1.54, 1.807) is 4.90 Å². The minimum Gasteiger partial charge on any atom is -0.481 e. The van der Waals surface area contributed by atoms with Crippen LogP contribution in [0.1, 0.15) is 50.1 Å². The van der Waals surface area contributed by atoms with Crippen LogP contribution in [-0.2, 0) is 14.4 Å². The van der Waals surface area contributed by atoms with Gasteiger partial charge in [-0.05, 0) is 31.2 Å². The molecule has 1 saturated heterocycles. The zero-order valence-electron chi connectivity index (χ0n) is 13.7. The Bertz CT molecular complexity index is 574. The van der Waals surface area contributed by atoms with Gasteiger partial charge in [0, 0.05) is 25.9 Å². The first-order valence-corrected chi connectivity index (χ1v) is 8.43. The summed E-state index contributed by atoms with van der Waals surface area (Å²) in [5.41, 5.74) is 0.802. The highest BCUT2D eigenvalue weighted by molar-refractivity contribution is 5.89. The van der Waals surface area contributed by atoms with Gasteiger partial charge in [0.2, 0.25) is 11.8 Å². The molecule has 6 nitrogen and oxygen atoms in total. The van der Waals surface area contributed by atoms with Crippen molar-refractivity contribution in [3.8, 4) is 0 Å². The van der Waals surface area contributed by atoms with Gasteiger partial charge >= 0.3 is 5.97 Å². The van der Waals surface area contributed by atoms with Gasteiger partial charge in [0.25, 0.3) is 0 Å². The molecule has 24 heavy (non-hydrogen) atoms. The number of aliphatic carboxylic acids is 1. The number of hydrogen-bond acceptors (Lipinski definition) is 3. The molecule has 0 spiro atoms. The van der Waals surface area contributed by atoms with Crippen molar-refractivity contribution < 1.29 is 19.5 Å². The van der Waals surface area contributed by atoms with Crippen molar-refractivity contribution in [3.05, 3.63) is 35.9 Å². The zero-order valence-corrected chi connectivity index (χ0v) is 13.7. The molecule has 0 aromatic heterocycles. The maximum atomic E-state index is 12.7. The SMILES string of the molecule is O=C(O)CCCCNC(=O)C(c1ccccc1)N1CCCCC1=O. The fourth-order valence-electron chi connectivity index (χ4n) is 2.92. The molecule has 0 aliphatic carbocycles. The number of likely N-dealkylation sites (tertiary alicyclic amines) is 1. The molecule has 1 aliphatic heterocycles. The summed E-state index contributed by atoms with van der Waals surface area (Å²) in [5, 5.41) is 11.5. The van der Waals surface area contributed by atoms with Crippen LogP contribution in [0.5, 0.6) is 0 Å². The van der Waals surface area contributed by atoms with Gasteiger partial charge < -0.3 is 15.3 Å². The average molecular weight is 332 g/mol. The smallest absolute Gasteiger partial charge is 0.303 e. The number of rotatable bonds is 8. The number of piperidine rings is 1. The van der Waals surface area contributed by atoms with E-state index in [0.717, 1.165) is 18.4 Å². The number of benzene rings is 1. The van der Waals surface area contributed by atoms with Crippen molar-refractivity contribution in [1.29, 1.82) is 0 Å². The maximum Gasteiger partial charge on any atom is 0.303 e. The molecule has 1 heterocycles. The third-order valence-corrected chi connectivity index (χ3v) is 4.15. The molecule has 1 unspecified atom stereocenters. The predicted molar refractivity (Wildman–Crippen MR) is 89.2 cm³/mol. The van der Waals surface area contributed by atoms with Gasteiger partial charge in [-0.2, -0.15) is 0 Å². The van der Waals surface area contributed by atoms with Gasteiger partial charge in [-0.1, -0.05) is 30.3 Å². The van der Waals surface area contributed by atoms with Crippen LogP contribution in [0, 0.1) is 0 Å². The van der Waals surface area contributed by atoms with Crippen molar-refractivity contribution in [2.24, 2.45) is 0 Å². The Balaban J connectivity index is 2.01. The Kier molecular flexibility index (Phi) is 6.78. The van der Waals surface area contributed by atoms with Crippen molar-refractivity contribution in [3.63, 3.8) is 0 Å². The molecule has 130 valence electrons. The van der Waals surface area contributed by atoms with Gasteiger partial charge in [0.1, 0.15) is 6.04 Å². The molecule has 0 radical (unpaired) electrons. The number of carbonyl (C=O) groups excluding carboxylic acids is 2. The molecule has 0 bridgehead atoms. The topological polar surface area (TPSA) is 86.7 Å². The lowest BCUT2D eigenvalue weighted by Crippen LogP contribution is -2.45. The normalized spacial score (nSPS) is 15.8. The van der Waals surface area contributed by atoms with Crippen LogP contribution in [0.4, 0.5) is 0 Å². The number of unbranched alkanes of at least 4 members (excludes halogenated alkanes) is 1. The molecule has 2 N–H and O–H groups in total. The third-order valence-electron chi connectivity index (χ3n) is 4.15. The molecule has 2 amide bonds. The van der Waals surface area contributed by atoms with E-state index in [4.69, 9.17) is 5.11 Å². The van der Waals surface area contributed by atoms with Crippen LogP contribution in [-0.4, -0.2) is 40.9 Å². The maximum absolute atomic E-state index is 12.7. The summed E-state index contributed by atoms with van der Waals surface area (Å²) in [7, 11) is 0. The summed E-state index contributed by atoms with van der Waals surface area (Å²) in [6.45, 7) is 1.00. The number of hydrogen-bond donors (Lipinski definition) is 2. The molecule has 1 atom stereocenters. The minimum atomic E-state index is -0.831. The molecule has 1 fully saturated rings. The quantitative estimate of drug-likeness (QED) is 0.714. The minimum absolute atomic E-state index is 0.0103. The highest BCUT2D eigenvalue weighted by Gasteiger charge is 2.32. The Morgan fingerprint density at radius 2 is 1.92 bits per heavy atom. The number of carboxylic acids is 1. The first-order valence-electron chi connectivity index (χ1n) is 8.43. The predicted octanol–water partition coefficient (Wildman–Crippen LogP) is 2.11. The highest BCUT2D eigenvalue weighted by Crippen LogP contribution is 2.25. The fraction of sp³-hybridized carbons (Fsp3) is 0.500. The van der Waals surface area contributed by atoms with Gasteiger partial charge in [-0.15, -0.1) is 0 Å². The first kappa shape index (κ1) is 18.0. The lowest BCUT2D eigenvalue weighted by Gasteiger charge is -2.34. The molecule has 0 saturated carbocycles. The second kappa shape index (κ2) is 9.05. The number of nitrogens with zero attached hydrogens (tertiary/aromatic N) is 1. The van der Waals surface area contributed by atoms with Crippen LogP contribution in [0.15, 0.2) is 30.3 Å². The summed E-state index contributed by atoms with van der Waals surface area (Å²) in [4.78, 5) is 37.1. The van der Waals surface area contributed by atoms with E-state index < -0.39 is 12.0 Å². The van der Waals surface area contributed by atoms with E-state index in [1.165, 1.54) is 0 Å². The number of amides is 2. The summed E-state index contributed by atoms with van der Waals surface area (Å²) in [6.07, 6.45) is 3.48. The van der Waals surface area contributed by atoms with E-state index in [0.29, 0.717) is 32.4 Å². The lowest BCUT2D eigenvalue weighted by molar-refractivity contribution is -0.142. The van der Waals surface area contributed by atoms with E-state index in [2.05, 4.69) is 5.32 Å².